The molecular formula is C14H26N2O4. The van der Waals surface area contributed by atoms with E-state index in [1.54, 1.807) is 0 Å². The number of amides is 2. The minimum absolute atomic E-state index is 0.0164. The summed E-state index contributed by atoms with van der Waals surface area (Å²) < 4.78 is 5.47. The minimum Gasteiger partial charge on any atom is -0.481 e. The maximum Gasteiger partial charge on any atom is 0.315 e. The molecule has 0 radical (unpaired) electrons. The number of nitrogens with one attached hydrogen (secondary N) is 2. The molecule has 0 aromatic carbocycles. The number of carboxylic acid groups (broad SMARTS) is 1. The SMILES string of the molecule is CC(CCNC(=O)NC1(C)CCOC1C)CCC(=O)O. The van der Waals surface area contributed by atoms with Gasteiger partial charge in [-0.1, -0.05) is 6.92 Å². The van der Waals surface area contributed by atoms with Crippen molar-refractivity contribution in [3.05, 3.63) is 0 Å². The molecule has 1 aliphatic heterocycles. The van der Waals surface area contributed by atoms with Gasteiger partial charge in [-0.05, 0) is 39.0 Å². The molecule has 0 aromatic rings. The molecule has 3 atom stereocenters. The molecule has 2 amide bonds. The van der Waals surface area contributed by atoms with Crippen molar-refractivity contribution < 1.29 is 19.4 Å². The molecule has 0 saturated carbocycles. The van der Waals surface area contributed by atoms with Crippen LogP contribution >= 0.6 is 0 Å². The molecule has 6 nitrogen and oxygen atoms in total. The van der Waals surface area contributed by atoms with Gasteiger partial charge in [0.2, 0.25) is 0 Å². The van der Waals surface area contributed by atoms with E-state index in [9.17, 15) is 9.59 Å². The summed E-state index contributed by atoms with van der Waals surface area (Å²) in [6.07, 6.45) is 2.43. The Bertz CT molecular complexity index is 348. The first-order chi connectivity index (χ1) is 9.33. The Labute approximate surface area is 120 Å². The van der Waals surface area contributed by atoms with Crippen molar-refractivity contribution in [1.82, 2.24) is 10.6 Å². The molecule has 1 saturated heterocycles. The largest absolute Gasteiger partial charge is 0.481 e. The number of aliphatic carboxylic acids is 1. The van der Waals surface area contributed by atoms with Crippen molar-refractivity contribution in [2.75, 3.05) is 13.2 Å². The number of carbonyl (C=O) groups excluding carboxylic acids is 1. The van der Waals surface area contributed by atoms with E-state index in [4.69, 9.17) is 9.84 Å². The summed E-state index contributed by atoms with van der Waals surface area (Å²) in [5.74, 6) is -0.485. The van der Waals surface area contributed by atoms with Crippen molar-refractivity contribution >= 4 is 12.0 Å². The van der Waals surface area contributed by atoms with Crippen molar-refractivity contribution in [2.24, 2.45) is 5.92 Å². The molecule has 0 aromatic heterocycles. The lowest BCUT2D eigenvalue weighted by Gasteiger charge is -2.29. The molecule has 0 aliphatic carbocycles. The standard InChI is InChI=1S/C14H26N2O4/c1-10(4-5-12(17)18)6-8-15-13(19)16-14(3)7-9-20-11(14)2/h10-11H,4-9H2,1-3H3,(H,17,18)(H2,15,16,19). The van der Waals surface area contributed by atoms with Crippen LogP contribution in [-0.2, 0) is 9.53 Å². The van der Waals surface area contributed by atoms with Crippen LogP contribution in [0.3, 0.4) is 0 Å². The van der Waals surface area contributed by atoms with Gasteiger partial charge in [-0.25, -0.2) is 4.79 Å². The van der Waals surface area contributed by atoms with Gasteiger partial charge in [0, 0.05) is 19.6 Å². The summed E-state index contributed by atoms with van der Waals surface area (Å²) in [6.45, 7) is 7.17. The second-order valence-electron chi connectivity index (χ2n) is 5.89. The van der Waals surface area contributed by atoms with Gasteiger partial charge in [0.05, 0.1) is 11.6 Å². The first-order valence-corrected chi connectivity index (χ1v) is 7.23. The monoisotopic (exact) mass is 286 g/mol. The molecule has 0 bridgehead atoms. The summed E-state index contributed by atoms with van der Waals surface area (Å²) in [4.78, 5) is 22.3. The molecule has 6 heteroatoms. The molecule has 3 unspecified atom stereocenters. The van der Waals surface area contributed by atoms with E-state index < -0.39 is 5.97 Å². The normalized spacial score (nSPS) is 27.1. The van der Waals surface area contributed by atoms with Gasteiger partial charge in [-0.2, -0.15) is 0 Å². The highest BCUT2D eigenvalue weighted by Gasteiger charge is 2.38. The second kappa shape index (κ2) is 7.47. The summed E-state index contributed by atoms with van der Waals surface area (Å²) in [5.41, 5.74) is -0.307. The number of hydrogen-bond donors (Lipinski definition) is 3. The van der Waals surface area contributed by atoms with Gasteiger partial charge in [-0.3, -0.25) is 4.79 Å². The fourth-order valence-corrected chi connectivity index (χ4v) is 2.25. The van der Waals surface area contributed by atoms with Gasteiger partial charge in [0.1, 0.15) is 0 Å². The summed E-state index contributed by atoms with van der Waals surface area (Å²) in [7, 11) is 0. The van der Waals surface area contributed by atoms with Crippen LogP contribution in [0.2, 0.25) is 0 Å². The molecule has 116 valence electrons. The van der Waals surface area contributed by atoms with Crippen LogP contribution in [0.25, 0.3) is 0 Å². The van der Waals surface area contributed by atoms with Crippen LogP contribution in [0.15, 0.2) is 0 Å². The van der Waals surface area contributed by atoms with Crippen molar-refractivity contribution in [1.29, 1.82) is 0 Å². The predicted octanol–water partition coefficient (Wildman–Crippen LogP) is 1.74. The molecule has 1 heterocycles. The average Bonchev–Trinajstić information content (AvgIpc) is 2.66. The van der Waals surface area contributed by atoms with E-state index in [-0.39, 0.29) is 30.0 Å². The Morgan fingerprint density at radius 3 is 2.70 bits per heavy atom. The molecule has 3 N–H and O–H groups in total. The highest BCUT2D eigenvalue weighted by atomic mass is 16.5. The number of hydrogen-bond acceptors (Lipinski definition) is 3. The van der Waals surface area contributed by atoms with E-state index in [0.29, 0.717) is 19.6 Å². The van der Waals surface area contributed by atoms with Gasteiger partial charge in [-0.15, -0.1) is 0 Å². The van der Waals surface area contributed by atoms with Gasteiger partial charge in [0.15, 0.2) is 0 Å². The fraction of sp³-hybridized carbons (Fsp3) is 0.857. The zero-order valence-electron chi connectivity index (χ0n) is 12.6. The van der Waals surface area contributed by atoms with Crippen LogP contribution in [0.1, 0.15) is 46.5 Å². The van der Waals surface area contributed by atoms with Crippen LogP contribution < -0.4 is 10.6 Å². The topological polar surface area (TPSA) is 87.7 Å². The summed E-state index contributed by atoms with van der Waals surface area (Å²) in [6, 6.07) is -0.185. The molecule has 1 fully saturated rings. The Morgan fingerprint density at radius 1 is 1.45 bits per heavy atom. The van der Waals surface area contributed by atoms with Crippen LogP contribution in [0.4, 0.5) is 4.79 Å². The van der Waals surface area contributed by atoms with Crippen LogP contribution in [-0.4, -0.2) is 41.9 Å². The van der Waals surface area contributed by atoms with Crippen LogP contribution in [0, 0.1) is 5.92 Å². The quantitative estimate of drug-likeness (QED) is 0.665. The van der Waals surface area contributed by atoms with Crippen molar-refractivity contribution in [3.63, 3.8) is 0 Å². The number of carbonyl (C=O) groups is 2. The third kappa shape index (κ3) is 5.36. The van der Waals surface area contributed by atoms with Gasteiger partial charge in [0.25, 0.3) is 0 Å². The highest BCUT2D eigenvalue weighted by Crippen LogP contribution is 2.24. The van der Waals surface area contributed by atoms with E-state index in [2.05, 4.69) is 10.6 Å². The Kier molecular flexibility index (Phi) is 6.26. The molecule has 0 spiro atoms. The minimum atomic E-state index is -0.773. The number of rotatable bonds is 7. The molecule has 20 heavy (non-hydrogen) atoms. The summed E-state index contributed by atoms with van der Waals surface area (Å²) in [5, 5.41) is 14.4. The van der Waals surface area contributed by atoms with Crippen LogP contribution in [0.5, 0.6) is 0 Å². The summed E-state index contributed by atoms with van der Waals surface area (Å²) >= 11 is 0. The van der Waals surface area contributed by atoms with Gasteiger partial charge < -0.3 is 20.5 Å². The van der Waals surface area contributed by atoms with E-state index in [0.717, 1.165) is 12.8 Å². The lowest BCUT2D eigenvalue weighted by molar-refractivity contribution is -0.137. The number of urea groups is 1. The van der Waals surface area contributed by atoms with Crippen molar-refractivity contribution in [3.8, 4) is 0 Å². The van der Waals surface area contributed by atoms with E-state index >= 15 is 0 Å². The predicted molar refractivity (Wildman–Crippen MR) is 75.6 cm³/mol. The third-order valence-corrected chi connectivity index (χ3v) is 4.06. The zero-order valence-corrected chi connectivity index (χ0v) is 12.6. The maximum atomic E-state index is 11.8. The smallest absolute Gasteiger partial charge is 0.315 e. The van der Waals surface area contributed by atoms with Crippen molar-refractivity contribution in [2.45, 2.75) is 58.1 Å². The lowest BCUT2D eigenvalue weighted by Crippen LogP contribution is -2.54. The number of carboxylic acids is 1. The Hall–Kier alpha value is -1.30. The molecule has 1 rings (SSSR count). The lowest BCUT2D eigenvalue weighted by atomic mass is 9.95. The Morgan fingerprint density at radius 2 is 2.15 bits per heavy atom. The molecule has 1 aliphatic rings. The number of ether oxygens (including phenoxy) is 1. The second-order valence-corrected chi connectivity index (χ2v) is 5.89. The van der Waals surface area contributed by atoms with Gasteiger partial charge >= 0.3 is 12.0 Å². The molecular weight excluding hydrogens is 260 g/mol. The third-order valence-electron chi connectivity index (χ3n) is 4.06. The van der Waals surface area contributed by atoms with E-state index in [1.807, 2.05) is 20.8 Å². The maximum absolute atomic E-state index is 11.8. The highest BCUT2D eigenvalue weighted by molar-refractivity contribution is 5.74. The fourth-order valence-electron chi connectivity index (χ4n) is 2.25. The van der Waals surface area contributed by atoms with E-state index in [1.165, 1.54) is 0 Å². The Balaban J connectivity index is 2.18. The zero-order chi connectivity index (χ0) is 15.2. The first kappa shape index (κ1) is 16.8. The first-order valence-electron chi connectivity index (χ1n) is 7.23. The average molecular weight is 286 g/mol.